The zero-order chi connectivity index (χ0) is 7.40. The van der Waals surface area contributed by atoms with Crippen LogP contribution in [0.1, 0.15) is 18.5 Å². The van der Waals surface area contributed by atoms with Crippen molar-refractivity contribution in [3.8, 4) is 0 Å². The Morgan fingerprint density at radius 2 is 2.60 bits per heavy atom. The number of aliphatic imine (C=N–C) groups is 1. The zero-order valence-electron chi connectivity index (χ0n) is 5.57. The molecule has 0 aliphatic rings. The van der Waals surface area contributed by atoms with E-state index in [1.807, 2.05) is 18.4 Å². The average molecular weight is 169 g/mol. The van der Waals surface area contributed by atoms with Gasteiger partial charge in [-0.3, -0.25) is 0 Å². The second kappa shape index (κ2) is 3.62. The minimum atomic E-state index is 0.170. The molecule has 1 rings (SSSR count). The highest BCUT2D eigenvalue weighted by Crippen LogP contribution is 2.18. The van der Waals surface area contributed by atoms with Gasteiger partial charge in [0.25, 0.3) is 0 Å². The van der Waals surface area contributed by atoms with Gasteiger partial charge in [-0.05, 0) is 41.5 Å². The number of hydrogen-bond donors (Lipinski definition) is 0. The SMILES string of the molecule is CC(N=C=S)c1ccsc1. The first kappa shape index (κ1) is 7.61. The highest BCUT2D eigenvalue weighted by atomic mass is 32.1. The summed E-state index contributed by atoms with van der Waals surface area (Å²) in [6, 6.07) is 2.22. The molecule has 0 aliphatic carbocycles. The monoisotopic (exact) mass is 169 g/mol. The summed E-state index contributed by atoms with van der Waals surface area (Å²) in [5, 5.41) is 6.47. The van der Waals surface area contributed by atoms with Gasteiger partial charge in [-0.15, -0.1) is 0 Å². The Balaban J connectivity index is 2.76. The Hall–Kier alpha value is -0.500. The lowest BCUT2D eigenvalue weighted by atomic mass is 10.2. The van der Waals surface area contributed by atoms with Gasteiger partial charge in [-0.1, -0.05) is 0 Å². The van der Waals surface area contributed by atoms with E-state index in [9.17, 15) is 0 Å². The largest absolute Gasteiger partial charge is 0.225 e. The van der Waals surface area contributed by atoms with Crippen LogP contribution in [0.5, 0.6) is 0 Å². The molecule has 1 unspecified atom stereocenters. The lowest BCUT2D eigenvalue weighted by Crippen LogP contribution is -1.83. The molecule has 1 heterocycles. The first-order valence-corrected chi connectivity index (χ1v) is 4.29. The number of hydrogen-bond acceptors (Lipinski definition) is 3. The maximum absolute atomic E-state index is 4.49. The summed E-state index contributed by atoms with van der Waals surface area (Å²) in [4.78, 5) is 3.94. The maximum Gasteiger partial charge on any atom is 0.0832 e. The molecule has 1 atom stereocenters. The third-order valence-electron chi connectivity index (χ3n) is 1.27. The number of rotatable bonds is 2. The first-order chi connectivity index (χ1) is 4.84. The minimum absolute atomic E-state index is 0.170. The molecule has 52 valence electrons. The molecule has 10 heavy (non-hydrogen) atoms. The highest BCUT2D eigenvalue weighted by molar-refractivity contribution is 7.78. The fourth-order valence-corrected chi connectivity index (χ4v) is 1.57. The average Bonchev–Trinajstić information content (AvgIpc) is 2.38. The van der Waals surface area contributed by atoms with Crippen LogP contribution in [0.15, 0.2) is 21.8 Å². The van der Waals surface area contributed by atoms with Crippen molar-refractivity contribution in [3.05, 3.63) is 22.4 Å². The van der Waals surface area contributed by atoms with Gasteiger partial charge >= 0.3 is 0 Å². The van der Waals surface area contributed by atoms with Gasteiger partial charge in [0.2, 0.25) is 0 Å². The molecule has 0 spiro atoms. The van der Waals surface area contributed by atoms with Crippen molar-refractivity contribution >= 4 is 28.7 Å². The van der Waals surface area contributed by atoms with Crippen LogP contribution in [0.25, 0.3) is 0 Å². The van der Waals surface area contributed by atoms with Crippen LogP contribution in [0.4, 0.5) is 0 Å². The molecular formula is C7H7NS2. The van der Waals surface area contributed by atoms with Crippen molar-refractivity contribution in [1.29, 1.82) is 0 Å². The van der Waals surface area contributed by atoms with Crippen molar-refractivity contribution in [1.82, 2.24) is 0 Å². The quantitative estimate of drug-likeness (QED) is 0.490. The molecule has 0 saturated heterocycles. The third kappa shape index (κ3) is 1.74. The summed E-state index contributed by atoms with van der Waals surface area (Å²) in [5.41, 5.74) is 1.21. The first-order valence-electron chi connectivity index (χ1n) is 2.93. The summed E-state index contributed by atoms with van der Waals surface area (Å²) >= 11 is 6.16. The van der Waals surface area contributed by atoms with Crippen molar-refractivity contribution in [2.45, 2.75) is 13.0 Å². The van der Waals surface area contributed by atoms with Crippen LogP contribution in [-0.4, -0.2) is 5.16 Å². The van der Waals surface area contributed by atoms with Crippen LogP contribution in [0, 0.1) is 0 Å². The molecule has 1 nitrogen and oxygen atoms in total. The van der Waals surface area contributed by atoms with E-state index in [0.717, 1.165) is 0 Å². The number of thiophene rings is 1. The lowest BCUT2D eigenvalue weighted by molar-refractivity contribution is 0.833. The van der Waals surface area contributed by atoms with E-state index in [1.54, 1.807) is 11.3 Å². The Bertz CT molecular complexity index is 234. The Morgan fingerprint density at radius 3 is 3.10 bits per heavy atom. The molecule has 0 fully saturated rings. The van der Waals surface area contributed by atoms with Crippen molar-refractivity contribution < 1.29 is 0 Å². The zero-order valence-corrected chi connectivity index (χ0v) is 7.21. The summed E-state index contributed by atoms with van der Waals surface area (Å²) in [6.07, 6.45) is 0. The Morgan fingerprint density at radius 1 is 1.80 bits per heavy atom. The van der Waals surface area contributed by atoms with Crippen molar-refractivity contribution in [2.24, 2.45) is 4.99 Å². The van der Waals surface area contributed by atoms with Gasteiger partial charge < -0.3 is 0 Å². The van der Waals surface area contributed by atoms with Gasteiger partial charge in [0.1, 0.15) is 0 Å². The molecule has 1 aromatic heterocycles. The van der Waals surface area contributed by atoms with Crippen molar-refractivity contribution in [3.63, 3.8) is 0 Å². The summed E-state index contributed by atoms with van der Waals surface area (Å²) < 4.78 is 0. The van der Waals surface area contributed by atoms with Gasteiger partial charge in [0.15, 0.2) is 0 Å². The van der Waals surface area contributed by atoms with Gasteiger partial charge in [0.05, 0.1) is 11.2 Å². The third-order valence-corrected chi connectivity index (χ3v) is 2.08. The van der Waals surface area contributed by atoms with Gasteiger partial charge in [-0.2, -0.15) is 11.3 Å². The lowest BCUT2D eigenvalue weighted by Gasteiger charge is -1.97. The van der Waals surface area contributed by atoms with E-state index >= 15 is 0 Å². The topological polar surface area (TPSA) is 12.4 Å². The van der Waals surface area contributed by atoms with Crippen LogP contribution >= 0.6 is 23.6 Å². The van der Waals surface area contributed by atoms with Gasteiger partial charge in [-0.25, -0.2) is 4.99 Å². The van der Waals surface area contributed by atoms with E-state index < -0.39 is 0 Å². The molecule has 0 aromatic carbocycles. The normalized spacial score (nSPS) is 12.1. The predicted octanol–water partition coefficient (Wildman–Crippen LogP) is 2.91. The molecule has 0 bridgehead atoms. The van der Waals surface area contributed by atoms with Crippen molar-refractivity contribution in [2.75, 3.05) is 0 Å². The van der Waals surface area contributed by atoms with E-state index in [4.69, 9.17) is 0 Å². The summed E-state index contributed by atoms with van der Waals surface area (Å²) in [5.74, 6) is 0. The van der Waals surface area contributed by atoms with E-state index in [1.165, 1.54) is 5.56 Å². The van der Waals surface area contributed by atoms with Crippen LogP contribution < -0.4 is 0 Å². The molecule has 0 N–H and O–H groups in total. The molecule has 0 amide bonds. The number of isothiocyanates is 1. The fraction of sp³-hybridized carbons (Fsp3) is 0.286. The number of nitrogens with zero attached hydrogens (tertiary/aromatic N) is 1. The molecule has 1 aromatic rings. The van der Waals surface area contributed by atoms with E-state index in [2.05, 4.69) is 27.8 Å². The van der Waals surface area contributed by atoms with Crippen LogP contribution in [-0.2, 0) is 0 Å². The van der Waals surface area contributed by atoms with Crippen LogP contribution in [0.2, 0.25) is 0 Å². The maximum atomic E-state index is 4.49. The molecule has 0 aliphatic heterocycles. The molecule has 0 saturated carbocycles. The Kier molecular flexibility index (Phi) is 2.75. The summed E-state index contributed by atoms with van der Waals surface area (Å²) in [7, 11) is 0. The molecule has 0 radical (unpaired) electrons. The predicted molar refractivity (Wildman–Crippen MR) is 47.8 cm³/mol. The van der Waals surface area contributed by atoms with Crippen LogP contribution in [0.3, 0.4) is 0 Å². The summed E-state index contributed by atoms with van der Waals surface area (Å²) in [6.45, 7) is 2.00. The second-order valence-electron chi connectivity index (χ2n) is 1.95. The second-order valence-corrected chi connectivity index (χ2v) is 2.92. The molecule has 3 heteroatoms. The van der Waals surface area contributed by atoms with Gasteiger partial charge in [0, 0.05) is 0 Å². The standard InChI is InChI=1S/C7H7NS2/c1-6(8-5-9)7-2-3-10-4-7/h2-4,6H,1H3. The highest BCUT2D eigenvalue weighted by Gasteiger charge is 2.00. The molecular weight excluding hydrogens is 162 g/mol. The van der Waals surface area contributed by atoms with E-state index in [0.29, 0.717) is 0 Å². The fourth-order valence-electron chi connectivity index (χ4n) is 0.666. The van der Waals surface area contributed by atoms with E-state index in [-0.39, 0.29) is 6.04 Å². The smallest absolute Gasteiger partial charge is 0.0832 e. The number of thiocarbonyl (C=S) groups is 1. The Labute approximate surface area is 69.4 Å². The minimum Gasteiger partial charge on any atom is -0.225 e.